The largest absolute Gasteiger partial charge is 0.311 e. The van der Waals surface area contributed by atoms with Gasteiger partial charge in [0.25, 0.3) is 0 Å². The van der Waals surface area contributed by atoms with E-state index in [1.165, 1.54) is 70.6 Å². The Hall–Kier alpha value is -0.560. The maximum atomic E-state index is 3.98. The lowest BCUT2D eigenvalue weighted by molar-refractivity contribution is 0.105. The lowest BCUT2D eigenvalue weighted by Gasteiger charge is -2.45. The zero-order valence-electron chi connectivity index (χ0n) is 13.2. The Bertz CT molecular complexity index is 296. The predicted octanol–water partition coefficient (Wildman–Crippen LogP) is 5.24. The van der Waals surface area contributed by atoms with E-state index < -0.39 is 0 Å². The van der Waals surface area contributed by atoms with Crippen molar-refractivity contribution in [2.45, 2.75) is 82.7 Å². The molecule has 0 radical (unpaired) electrons. The summed E-state index contributed by atoms with van der Waals surface area (Å²) in [5, 5.41) is 3.98. The Kier molecular flexibility index (Phi) is 6.86. The molecule has 0 aromatic heterocycles. The van der Waals surface area contributed by atoms with Crippen LogP contribution in [0.2, 0.25) is 0 Å². The van der Waals surface area contributed by atoms with Crippen molar-refractivity contribution in [2.24, 2.45) is 11.8 Å². The van der Waals surface area contributed by atoms with Crippen LogP contribution in [0.25, 0.3) is 0 Å². The van der Waals surface area contributed by atoms with E-state index in [4.69, 9.17) is 0 Å². The van der Waals surface area contributed by atoms with Crippen LogP contribution in [0.15, 0.2) is 25.3 Å². The summed E-state index contributed by atoms with van der Waals surface area (Å²) >= 11 is 0. The maximum Gasteiger partial charge on any atom is 0.0101 e. The van der Waals surface area contributed by atoms with Gasteiger partial charge in [0.2, 0.25) is 0 Å². The first kappa shape index (κ1) is 15.8. The lowest BCUT2D eigenvalue weighted by Crippen LogP contribution is -2.51. The van der Waals surface area contributed by atoms with E-state index in [0.717, 1.165) is 23.9 Å². The third kappa shape index (κ3) is 4.48. The second-order valence-corrected chi connectivity index (χ2v) is 6.84. The predicted molar refractivity (Wildman–Crippen MR) is 88.9 cm³/mol. The first-order valence-corrected chi connectivity index (χ1v) is 8.83. The summed E-state index contributed by atoms with van der Waals surface area (Å²) in [6.45, 7) is 7.68. The molecule has 1 heterocycles. The normalized spacial score (nSPS) is 33.4. The number of allylic oxidation sites excluding steroid dienone is 2. The molecular formula is C19H33N. The molecule has 2 rings (SSSR count). The van der Waals surface area contributed by atoms with E-state index in [1.54, 1.807) is 0 Å². The smallest absolute Gasteiger partial charge is 0.0101 e. The Balaban J connectivity index is 1.77. The Morgan fingerprint density at radius 2 is 1.65 bits per heavy atom. The van der Waals surface area contributed by atoms with Gasteiger partial charge in [-0.25, -0.2) is 0 Å². The SMILES string of the molecule is C=CCCC[C@@H]1CC[C@H]2[C@H](CCCC=C)CCC[C@@H]2N1. The third-order valence-corrected chi connectivity index (χ3v) is 5.45. The van der Waals surface area contributed by atoms with Crippen molar-refractivity contribution in [1.82, 2.24) is 5.32 Å². The summed E-state index contributed by atoms with van der Waals surface area (Å²) in [5.74, 6) is 1.94. The summed E-state index contributed by atoms with van der Waals surface area (Å²) < 4.78 is 0. The third-order valence-electron chi connectivity index (χ3n) is 5.45. The molecule has 0 amide bonds. The van der Waals surface area contributed by atoms with Crippen molar-refractivity contribution >= 4 is 0 Å². The van der Waals surface area contributed by atoms with Gasteiger partial charge in [0, 0.05) is 12.1 Å². The molecule has 1 saturated heterocycles. The fourth-order valence-corrected chi connectivity index (χ4v) is 4.40. The maximum absolute atomic E-state index is 3.98. The molecule has 0 bridgehead atoms. The summed E-state index contributed by atoms with van der Waals surface area (Å²) in [4.78, 5) is 0. The summed E-state index contributed by atoms with van der Waals surface area (Å²) in [6, 6.07) is 1.60. The van der Waals surface area contributed by atoms with Crippen molar-refractivity contribution < 1.29 is 0 Å². The Labute approximate surface area is 125 Å². The average Bonchev–Trinajstić information content (AvgIpc) is 2.48. The van der Waals surface area contributed by atoms with Crippen LogP contribution in [0.3, 0.4) is 0 Å². The minimum atomic E-state index is 0.781. The molecule has 2 aliphatic rings. The zero-order valence-corrected chi connectivity index (χ0v) is 13.2. The van der Waals surface area contributed by atoms with E-state index in [2.05, 4.69) is 30.6 Å². The van der Waals surface area contributed by atoms with Gasteiger partial charge in [0.1, 0.15) is 0 Å². The van der Waals surface area contributed by atoms with Crippen LogP contribution in [0, 0.1) is 11.8 Å². The number of piperidine rings is 1. The van der Waals surface area contributed by atoms with E-state index in [9.17, 15) is 0 Å². The molecule has 1 heteroatoms. The quantitative estimate of drug-likeness (QED) is 0.472. The number of rotatable bonds is 8. The van der Waals surface area contributed by atoms with Gasteiger partial charge < -0.3 is 5.32 Å². The highest BCUT2D eigenvalue weighted by molar-refractivity contribution is 4.93. The zero-order chi connectivity index (χ0) is 14.2. The molecule has 0 spiro atoms. The van der Waals surface area contributed by atoms with Crippen molar-refractivity contribution in [3.63, 3.8) is 0 Å². The van der Waals surface area contributed by atoms with Gasteiger partial charge in [-0.15, -0.1) is 13.2 Å². The van der Waals surface area contributed by atoms with Crippen LogP contribution in [-0.2, 0) is 0 Å². The molecule has 0 unspecified atom stereocenters. The Morgan fingerprint density at radius 1 is 0.900 bits per heavy atom. The van der Waals surface area contributed by atoms with Crippen LogP contribution in [-0.4, -0.2) is 12.1 Å². The molecule has 1 nitrogen and oxygen atoms in total. The van der Waals surface area contributed by atoms with E-state index in [1.807, 2.05) is 0 Å². The molecule has 1 saturated carbocycles. The number of nitrogens with one attached hydrogen (secondary N) is 1. The van der Waals surface area contributed by atoms with Crippen molar-refractivity contribution in [3.8, 4) is 0 Å². The standard InChI is InChI=1S/C19H33N/c1-3-5-7-10-16-11-9-13-19-18(16)15-14-17(20-19)12-8-6-4-2/h3-4,16-20H,1-2,5-15H2/t16-,17-,18+,19+/m1/s1. The van der Waals surface area contributed by atoms with E-state index in [-0.39, 0.29) is 0 Å². The van der Waals surface area contributed by atoms with Crippen molar-refractivity contribution in [3.05, 3.63) is 25.3 Å². The molecule has 1 aliphatic heterocycles. The minimum Gasteiger partial charge on any atom is -0.311 e. The molecule has 2 fully saturated rings. The Morgan fingerprint density at radius 3 is 2.40 bits per heavy atom. The summed E-state index contributed by atoms with van der Waals surface area (Å²) in [6.07, 6.45) is 19.1. The molecule has 1 aliphatic carbocycles. The summed E-state index contributed by atoms with van der Waals surface area (Å²) in [5.41, 5.74) is 0. The van der Waals surface area contributed by atoms with Crippen molar-refractivity contribution in [2.75, 3.05) is 0 Å². The van der Waals surface area contributed by atoms with Gasteiger partial charge >= 0.3 is 0 Å². The first-order valence-electron chi connectivity index (χ1n) is 8.83. The van der Waals surface area contributed by atoms with Crippen LogP contribution >= 0.6 is 0 Å². The van der Waals surface area contributed by atoms with Gasteiger partial charge in [-0.1, -0.05) is 25.0 Å². The second-order valence-electron chi connectivity index (χ2n) is 6.84. The van der Waals surface area contributed by atoms with Crippen LogP contribution in [0.4, 0.5) is 0 Å². The van der Waals surface area contributed by atoms with Crippen LogP contribution < -0.4 is 5.32 Å². The monoisotopic (exact) mass is 275 g/mol. The number of fused-ring (bicyclic) bond motifs is 1. The first-order chi connectivity index (χ1) is 9.85. The minimum absolute atomic E-state index is 0.781. The van der Waals surface area contributed by atoms with Crippen LogP contribution in [0.1, 0.15) is 70.6 Å². The molecule has 0 aromatic carbocycles. The van der Waals surface area contributed by atoms with E-state index in [0.29, 0.717) is 0 Å². The fraction of sp³-hybridized carbons (Fsp3) is 0.789. The average molecular weight is 275 g/mol. The summed E-state index contributed by atoms with van der Waals surface area (Å²) in [7, 11) is 0. The van der Waals surface area contributed by atoms with Gasteiger partial charge in [-0.05, 0) is 69.6 Å². The molecule has 114 valence electrons. The molecule has 1 N–H and O–H groups in total. The topological polar surface area (TPSA) is 12.0 Å². The van der Waals surface area contributed by atoms with Crippen LogP contribution in [0.5, 0.6) is 0 Å². The van der Waals surface area contributed by atoms with E-state index >= 15 is 0 Å². The molecule has 0 aromatic rings. The second kappa shape index (κ2) is 8.67. The highest BCUT2D eigenvalue weighted by Gasteiger charge is 2.36. The number of unbranched alkanes of at least 4 members (excludes halogenated alkanes) is 2. The van der Waals surface area contributed by atoms with Gasteiger partial charge in [0.15, 0.2) is 0 Å². The number of hydrogen-bond donors (Lipinski definition) is 1. The highest BCUT2D eigenvalue weighted by atomic mass is 15.0. The lowest BCUT2D eigenvalue weighted by atomic mass is 9.69. The van der Waals surface area contributed by atoms with Crippen molar-refractivity contribution in [1.29, 1.82) is 0 Å². The van der Waals surface area contributed by atoms with Gasteiger partial charge in [-0.2, -0.15) is 0 Å². The molecule has 4 atom stereocenters. The number of hydrogen-bond acceptors (Lipinski definition) is 1. The van der Waals surface area contributed by atoms with Gasteiger partial charge in [-0.3, -0.25) is 0 Å². The highest BCUT2D eigenvalue weighted by Crippen LogP contribution is 2.39. The molecule has 20 heavy (non-hydrogen) atoms. The fourth-order valence-electron chi connectivity index (χ4n) is 4.40. The molecular weight excluding hydrogens is 242 g/mol. The van der Waals surface area contributed by atoms with Gasteiger partial charge in [0.05, 0.1) is 0 Å².